The molecule has 2 aromatic rings. The Balaban J connectivity index is 1.59. The summed E-state index contributed by atoms with van der Waals surface area (Å²) in [6.45, 7) is 4.00. The first-order valence-corrected chi connectivity index (χ1v) is 10.3. The number of anilines is 2. The van der Waals surface area contributed by atoms with Gasteiger partial charge in [0.15, 0.2) is 0 Å². The highest BCUT2D eigenvalue weighted by atomic mass is 32.2. The van der Waals surface area contributed by atoms with Crippen LogP contribution in [0.15, 0.2) is 54.6 Å². The average Bonchev–Trinajstić information content (AvgIpc) is 2.69. The molecule has 2 aromatic carbocycles. The molecule has 1 heterocycles. The zero-order valence-electron chi connectivity index (χ0n) is 14.8. The molecule has 0 aliphatic carbocycles. The number of sulfonamides is 1. The summed E-state index contributed by atoms with van der Waals surface area (Å²) in [5, 5.41) is 2.88. The molecule has 0 aromatic heterocycles. The Morgan fingerprint density at radius 2 is 1.58 bits per heavy atom. The Morgan fingerprint density at radius 3 is 2.15 bits per heavy atom. The van der Waals surface area contributed by atoms with Crippen molar-refractivity contribution in [3.63, 3.8) is 0 Å². The molecule has 0 bridgehead atoms. The molecule has 1 amide bonds. The van der Waals surface area contributed by atoms with E-state index >= 15 is 0 Å². The predicted molar refractivity (Wildman–Crippen MR) is 104 cm³/mol. The van der Waals surface area contributed by atoms with Gasteiger partial charge in [0, 0.05) is 43.1 Å². The van der Waals surface area contributed by atoms with E-state index in [0.29, 0.717) is 31.7 Å². The van der Waals surface area contributed by atoms with E-state index in [-0.39, 0.29) is 11.7 Å². The minimum absolute atomic E-state index is 0.142. The molecule has 3 rings (SSSR count). The first-order valence-electron chi connectivity index (χ1n) is 8.69. The number of carbonyl (C=O) groups is 1. The highest BCUT2D eigenvalue weighted by Gasteiger charge is 2.25. The van der Waals surface area contributed by atoms with E-state index in [0.717, 1.165) is 11.4 Å². The van der Waals surface area contributed by atoms with Crippen LogP contribution in [0, 0.1) is 0 Å². The zero-order valence-corrected chi connectivity index (χ0v) is 15.6. The minimum Gasteiger partial charge on any atom is -0.369 e. The van der Waals surface area contributed by atoms with Crippen molar-refractivity contribution in [2.45, 2.75) is 6.92 Å². The maximum Gasteiger partial charge on any atom is 0.255 e. The lowest BCUT2D eigenvalue weighted by atomic mass is 10.2. The third kappa shape index (κ3) is 4.23. The third-order valence-corrected chi connectivity index (χ3v) is 6.40. The van der Waals surface area contributed by atoms with E-state index in [4.69, 9.17) is 0 Å². The Kier molecular flexibility index (Phi) is 5.58. The van der Waals surface area contributed by atoms with E-state index in [1.54, 1.807) is 23.4 Å². The molecule has 6 nitrogen and oxygen atoms in total. The largest absolute Gasteiger partial charge is 0.369 e. The van der Waals surface area contributed by atoms with Gasteiger partial charge in [-0.05, 0) is 43.3 Å². The summed E-state index contributed by atoms with van der Waals surface area (Å²) in [5.41, 5.74) is 2.37. The second-order valence-corrected chi connectivity index (χ2v) is 8.41. The van der Waals surface area contributed by atoms with Crippen LogP contribution in [0.25, 0.3) is 0 Å². The van der Waals surface area contributed by atoms with E-state index in [9.17, 15) is 13.2 Å². The van der Waals surface area contributed by atoms with Gasteiger partial charge in [-0.25, -0.2) is 8.42 Å². The lowest BCUT2D eigenvalue weighted by Crippen LogP contribution is -2.49. The summed E-state index contributed by atoms with van der Waals surface area (Å²) in [6.07, 6.45) is 0. The predicted octanol–water partition coefficient (Wildman–Crippen LogP) is 2.41. The maximum absolute atomic E-state index is 12.2. The molecule has 0 saturated carbocycles. The first-order chi connectivity index (χ1) is 12.5. The van der Waals surface area contributed by atoms with Crippen LogP contribution in [0.4, 0.5) is 11.4 Å². The molecule has 1 N–H and O–H groups in total. The Labute approximate surface area is 154 Å². The summed E-state index contributed by atoms with van der Waals surface area (Å²) in [7, 11) is -3.11. The van der Waals surface area contributed by atoms with Gasteiger partial charge in [-0.1, -0.05) is 18.2 Å². The molecular weight excluding hydrogens is 350 g/mol. The highest BCUT2D eigenvalue weighted by molar-refractivity contribution is 7.89. The summed E-state index contributed by atoms with van der Waals surface area (Å²) in [5.74, 6) is -0.000235. The number of hydrogen-bond donors (Lipinski definition) is 1. The second kappa shape index (κ2) is 7.88. The molecule has 1 aliphatic heterocycles. The minimum atomic E-state index is -3.11. The number of piperazine rings is 1. The van der Waals surface area contributed by atoms with Gasteiger partial charge in [0.25, 0.3) is 5.91 Å². The molecule has 1 saturated heterocycles. The first kappa shape index (κ1) is 18.4. The van der Waals surface area contributed by atoms with Crippen LogP contribution in [-0.2, 0) is 10.0 Å². The van der Waals surface area contributed by atoms with Gasteiger partial charge >= 0.3 is 0 Å². The van der Waals surface area contributed by atoms with Crippen molar-refractivity contribution in [1.82, 2.24) is 4.31 Å². The van der Waals surface area contributed by atoms with E-state index in [2.05, 4.69) is 10.2 Å². The molecule has 0 unspecified atom stereocenters. The lowest BCUT2D eigenvalue weighted by Gasteiger charge is -2.35. The Hall–Kier alpha value is -2.38. The van der Waals surface area contributed by atoms with Crippen molar-refractivity contribution in [1.29, 1.82) is 0 Å². The number of amides is 1. The monoisotopic (exact) mass is 373 g/mol. The Bertz CT molecular complexity index is 843. The number of nitrogens with one attached hydrogen (secondary N) is 1. The number of nitrogens with zero attached hydrogens (tertiary/aromatic N) is 2. The van der Waals surface area contributed by atoms with Gasteiger partial charge in [0.2, 0.25) is 10.0 Å². The van der Waals surface area contributed by atoms with Crippen molar-refractivity contribution < 1.29 is 13.2 Å². The molecule has 26 heavy (non-hydrogen) atoms. The molecule has 0 spiro atoms. The van der Waals surface area contributed by atoms with Crippen molar-refractivity contribution in [2.24, 2.45) is 0 Å². The number of hydrogen-bond acceptors (Lipinski definition) is 4. The van der Waals surface area contributed by atoms with Gasteiger partial charge in [0.05, 0.1) is 5.75 Å². The molecular formula is C19H23N3O3S. The zero-order chi connectivity index (χ0) is 18.6. The van der Waals surface area contributed by atoms with Crippen LogP contribution in [0.3, 0.4) is 0 Å². The molecule has 7 heteroatoms. The fraction of sp³-hybridized carbons (Fsp3) is 0.316. The number of rotatable bonds is 5. The van der Waals surface area contributed by atoms with Gasteiger partial charge < -0.3 is 10.2 Å². The van der Waals surface area contributed by atoms with Crippen molar-refractivity contribution in [3.05, 3.63) is 60.2 Å². The average molecular weight is 373 g/mol. The van der Waals surface area contributed by atoms with Crippen LogP contribution < -0.4 is 10.2 Å². The van der Waals surface area contributed by atoms with Gasteiger partial charge in [-0.15, -0.1) is 0 Å². The number of carbonyl (C=O) groups excluding carboxylic acids is 1. The lowest BCUT2D eigenvalue weighted by molar-refractivity contribution is 0.102. The molecule has 0 radical (unpaired) electrons. The van der Waals surface area contributed by atoms with Crippen molar-refractivity contribution in [2.75, 3.05) is 42.1 Å². The molecule has 0 atom stereocenters. The molecule has 138 valence electrons. The standard InChI is InChI=1S/C19H23N3O3S/c1-2-26(24,25)22-14-12-21(13-15-22)18-10-8-17(9-11-18)20-19(23)16-6-4-3-5-7-16/h3-11H,2,12-15H2,1H3,(H,20,23). The van der Waals surface area contributed by atoms with Crippen LogP contribution in [0.1, 0.15) is 17.3 Å². The van der Waals surface area contributed by atoms with Crippen LogP contribution in [-0.4, -0.2) is 50.6 Å². The fourth-order valence-corrected chi connectivity index (χ4v) is 4.04. The summed E-state index contributed by atoms with van der Waals surface area (Å²) in [4.78, 5) is 14.3. The van der Waals surface area contributed by atoms with E-state index < -0.39 is 10.0 Å². The third-order valence-electron chi connectivity index (χ3n) is 4.52. The van der Waals surface area contributed by atoms with Crippen LogP contribution >= 0.6 is 0 Å². The van der Waals surface area contributed by atoms with Gasteiger partial charge in [-0.2, -0.15) is 4.31 Å². The topological polar surface area (TPSA) is 69.7 Å². The van der Waals surface area contributed by atoms with Crippen molar-refractivity contribution >= 4 is 27.3 Å². The van der Waals surface area contributed by atoms with Gasteiger partial charge in [-0.3, -0.25) is 4.79 Å². The fourth-order valence-electron chi connectivity index (χ4n) is 2.96. The van der Waals surface area contributed by atoms with Crippen LogP contribution in [0.2, 0.25) is 0 Å². The SMILES string of the molecule is CCS(=O)(=O)N1CCN(c2ccc(NC(=O)c3ccccc3)cc2)CC1. The van der Waals surface area contributed by atoms with Gasteiger partial charge in [0.1, 0.15) is 0 Å². The van der Waals surface area contributed by atoms with Crippen LogP contribution in [0.5, 0.6) is 0 Å². The summed E-state index contributed by atoms with van der Waals surface area (Å²) in [6, 6.07) is 16.7. The summed E-state index contributed by atoms with van der Waals surface area (Å²) < 4.78 is 25.4. The summed E-state index contributed by atoms with van der Waals surface area (Å²) >= 11 is 0. The quantitative estimate of drug-likeness (QED) is 0.874. The van der Waals surface area contributed by atoms with Crippen molar-refractivity contribution in [3.8, 4) is 0 Å². The van der Waals surface area contributed by atoms with E-state index in [1.165, 1.54) is 0 Å². The highest BCUT2D eigenvalue weighted by Crippen LogP contribution is 2.21. The van der Waals surface area contributed by atoms with E-state index in [1.807, 2.05) is 42.5 Å². The molecule has 1 fully saturated rings. The smallest absolute Gasteiger partial charge is 0.255 e. The number of benzene rings is 2. The second-order valence-electron chi connectivity index (χ2n) is 6.15. The Morgan fingerprint density at radius 1 is 0.962 bits per heavy atom. The normalized spacial score (nSPS) is 15.7. The molecule has 1 aliphatic rings. The maximum atomic E-state index is 12.2.